The van der Waals surface area contributed by atoms with Crippen LogP contribution in [-0.2, 0) is 4.74 Å². The first-order valence-electron chi connectivity index (χ1n) is 5.31. The van der Waals surface area contributed by atoms with Crippen LogP contribution in [0, 0.1) is 6.92 Å². The largest absolute Gasteiger partial charge is 0.383 e. The average molecular weight is 244 g/mol. The summed E-state index contributed by atoms with van der Waals surface area (Å²) in [6.45, 7) is 7.59. The van der Waals surface area contributed by atoms with Crippen LogP contribution in [-0.4, -0.2) is 36.3 Å². The topological polar surface area (TPSA) is 38.2 Å². The van der Waals surface area contributed by atoms with Crippen LogP contribution in [0.15, 0.2) is 6.07 Å². The van der Waals surface area contributed by atoms with Gasteiger partial charge in [-0.3, -0.25) is 0 Å². The smallest absolute Gasteiger partial charge is 0.224 e. The SMILES string of the molecule is COCCN(c1cc(C)nc(Cl)n1)C(C)C. The third kappa shape index (κ3) is 3.61. The summed E-state index contributed by atoms with van der Waals surface area (Å²) < 4.78 is 5.09. The van der Waals surface area contributed by atoms with Crippen molar-refractivity contribution in [3.05, 3.63) is 17.0 Å². The molecule has 0 saturated heterocycles. The van der Waals surface area contributed by atoms with Crippen molar-refractivity contribution >= 4 is 17.4 Å². The zero-order valence-electron chi connectivity index (χ0n) is 10.2. The van der Waals surface area contributed by atoms with Crippen LogP contribution in [0.1, 0.15) is 19.5 Å². The standard InChI is InChI=1S/C11H18ClN3O/c1-8(2)15(5-6-16-4)10-7-9(3)13-11(12)14-10/h7-8H,5-6H2,1-4H3. The first-order chi connectivity index (χ1) is 7.54. The van der Waals surface area contributed by atoms with E-state index in [1.165, 1.54) is 0 Å². The summed E-state index contributed by atoms with van der Waals surface area (Å²) in [5, 5.41) is 0.290. The Balaban J connectivity index is 2.91. The first kappa shape index (κ1) is 13.2. The van der Waals surface area contributed by atoms with Crippen molar-refractivity contribution in [1.29, 1.82) is 0 Å². The summed E-state index contributed by atoms with van der Waals surface area (Å²) in [6.07, 6.45) is 0. The van der Waals surface area contributed by atoms with Gasteiger partial charge in [0.05, 0.1) is 6.61 Å². The molecule has 0 spiro atoms. The fourth-order valence-electron chi connectivity index (χ4n) is 1.49. The van der Waals surface area contributed by atoms with Crippen molar-refractivity contribution in [3.63, 3.8) is 0 Å². The molecule has 1 heterocycles. The lowest BCUT2D eigenvalue weighted by atomic mass is 10.3. The normalized spacial score (nSPS) is 10.9. The monoisotopic (exact) mass is 243 g/mol. The summed E-state index contributed by atoms with van der Waals surface area (Å²) in [5.41, 5.74) is 0.873. The van der Waals surface area contributed by atoms with Gasteiger partial charge in [0.1, 0.15) is 5.82 Å². The van der Waals surface area contributed by atoms with Gasteiger partial charge in [-0.2, -0.15) is 0 Å². The summed E-state index contributed by atoms with van der Waals surface area (Å²) in [6, 6.07) is 2.28. The molecule has 1 aromatic rings. The minimum Gasteiger partial charge on any atom is -0.383 e. The van der Waals surface area contributed by atoms with Crippen LogP contribution >= 0.6 is 11.6 Å². The molecule has 0 aliphatic carbocycles. The van der Waals surface area contributed by atoms with Crippen LogP contribution in [0.25, 0.3) is 0 Å². The first-order valence-corrected chi connectivity index (χ1v) is 5.69. The van der Waals surface area contributed by atoms with E-state index in [9.17, 15) is 0 Å². The lowest BCUT2D eigenvalue weighted by Crippen LogP contribution is -2.34. The van der Waals surface area contributed by atoms with E-state index in [0.29, 0.717) is 12.6 Å². The summed E-state index contributed by atoms with van der Waals surface area (Å²) in [5.74, 6) is 0.851. The molecule has 0 unspecified atom stereocenters. The summed E-state index contributed by atoms with van der Waals surface area (Å²) in [4.78, 5) is 10.4. The number of aryl methyl sites for hydroxylation is 1. The van der Waals surface area contributed by atoms with Crippen molar-refractivity contribution in [2.45, 2.75) is 26.8 Å². The number of aromatic nitrogens is 2. The lowest BCUT2D eigenvalue weighted by Gasteiger charge is -2.27. The van der Waals surface area contributed by atoms with E-state index in [0.717, 1.165) is 18.1 Å². The van der Waals surface area contributed by atoms with E-state index in [1.54, 1.807) is 7.11 Å². The molecular formula is C11H18ClN3O. The molecule has 0 radical (unpaired) electrons. The number of halogens is 1. The molecule has 0 aliphatic heterocycles. The van der Waals surface area contributed by atoms with Crippen molar-refractivity contribution in [2.75, 3.05) is 25.2 Å². The predicted octanol–water partition coefficient (Wildman–Crippen LogP) is 2.30. The number of anilines is 1. The highest BCUT2D eigenvalue weighted by atomic mass is 35.5. The maximum atomic E-state index is 5.85. The van der Waals surface area contributed by atoms with Gasteiger partial charge in [-0.15, -0.1) is 0 Å². The Morgan fingerprint density at radius 1 is 1.44 bits per heavy atom. The highest BCUT2D eigenvalue weighted by molar-refractivity contribution is 6.28. The Morgan fingerprint density at radius 3 is 2.62 bits per heavy atom. The summed E-state index contributed by atoms with van der Waals surface area (Å²) >= 11 is 5.85. The highest BCUT2D eigenvalue weighted by Gasteiger charge is 2.13. The second-order valence-corrected chi connectivity index (χ2v) is 4.25. The summed E-state index contributed by atoms with van der Waals surface area (Å²) in [7, 11) is 1.69. The molecule has 0 fully saturated rings. The van der Waals surface area contributed by atoms with Gasteiger partial charge >= 0.3 is 0 Å². The maximum absolute atomic E-state index is 5.85. The molecule has 90 valence electrons. The lowest BCUT2D eigenvalue weighted by molar-refractivity contribution is 0.203. The zero-order chi connectivity index (χ0) is 12.1. The third-order valence-electron chi connectivity index (χ3n) is 2.27. The minimum absolute atomic E-state index is 0.290. The minimum atomic E-state index is 0.290. The number of methoxy groups -OCH3 is 1. The van der Waals surface area contributed by atoms with Crippen LogP contribution in [0.4, 0.5) is 5.82 Å². The predicted molar refractivity (Wildman–Crippen MR) is 66.1 cm³/mol. The zero-order valence-corrected chi connectivity index (χ0v) is 11.0. The Bertz CT molecular complexity index is 324. The third-order valence-corrected chi connectivity index (χ3v) is 2.44. The maximum Gasteiger partial charge on any atom is 0.224 e. The molecule has 1 rings (SSSR count). The Morgan fingerprint density at radius 2 is 2.12 bits per heavy atom. The van der Waals surface area contributed by atoms with E-state index in [4.69, 9.17) is 16.3 Å². The van der Waals surface area contributed by atoms with E-state index in [-0.39, 0.29) is 5.28 Å². The van der Waals surface area contributed by atoms with E-state index >= 15 is 0 Å². The van der Waals surface area contributed by atoms with E-state index in [2.05, 4.69) is 28.7 Å². The Hall–Kier alpha value is -0.870. The van der Waals surface area contributed by atoms with Gasteiger partial charge in [0.15, 0.2) is 0 Å². The molecule has 0 N–H and O–H groups in total. The molecular weight excluding hydrogens is 226 g/mol. The molecule has 1 aromatic heterocycles. The Kier molecular flexibility index (Phi) is 4.96. The van der Waals surface area contributed by atoms with E-state index in [1.807, 2.05) is 13.0 Å². The van der Waals surface area contributed by atoms with Crippen molar-refractivity contribution in [2.24, 2.45) is 0 Å². The van der Waals surface area contributed by atoms with Crippen LogP contribution in [0.5, 0.6) is 0 Å². The van der Waals surface area contributed by atoms with Gasteiger partial charge in [0, 0.05) is 31.5 Å². The number of ether oxygens (including phenoxy) is 1. The fourth-order valence-corrected chi connectivity index (χ4v) is 1.71. The molecule has 0 amide bonds. The van der Waals surface area contributed by atoms with Gasteiger partial charge < -0.3 is 9.64 Å². The molecule has 0 saturated carbocycles. The molecule has 5 heteroatoms. The number of hydrogen-bond acceptors (Lipinski definition) is 4. The molecule has 0 aliphatic rings. The molecule has 16 heavy (non-hydrogen) atoms. The number of hydrogen-bond donors (Lipinski definition) is 0. The number of rotatable bonds is 5. The number of nitrogens with zero attached hydrogens (tertiary/aromatic N) is 3. The van der Waals surface area contributed by atoms with Crippen molar-refractivity contribution in [3.8, 4) is 0 Å². The fraction of sp³-hybridized carbons (Fsp3) is 0.636. The van der Waals surface area contributed by atoms with Crippen molar-refractivity contribution < 1.29 is 4.74 Å². The Labute approximate surface area is 102 Å². The molecule has 0 bridgehead atoms. The van der Waals surface area contributed by atoms with Crippen LogP contribution < -0.4 is 4.90 Å². The van der Waals surface area contributed by atoms with Gasteiger partial charge in [-0.25, -0.2) is 9.97 Å². The second-order valence-electron chi connectivity index (χ2n) is 3.92. The molecule has 4 nitrogen and oxygen atoms in total. The quantitative estimate of drug-likeness (QED) is 0.744. The van der Waals surface area contributed by atoms with Gasteiger partial charge in [0.25, 0.3) is 0 Å². The van der Waals surface area contributed by atoms with Crippen molar-refractivity contribution in [1.82, 2.24) is 9.97 Å². The average Bonchev–Trinajstić information content (AvgIpc) is 2.16. The van der Waals surface area contributed by atoms with Crippen LogP contribution in [0.3, 0.4) is 0 Å². The van der Waals surface area contributed by atoms with Crippen LogP contribution in [0.2, 0.25) is 5.28 Å². The second kappa shape index (κ2) is 6.01. The van der Waals surface area contributed by atoms with Gasteiger partial charge in [-0.1, -0.05) is 0 Å². The van der Waals surface area contributed by atoms with Gasteiger partial charge in [-0.05, 0) is 32.4 Å². The molecule has 0 atom stereocenters. The van der Waals surface area contributed by atoms with E-state index < -0.39 is 0 Å². The molecule has 0 aromatic carbocycles. The van der Waals surface area contributed by atoms with Gasteiger partial charge in [0.2, 0.25) is 5.28 Å². The highest BCUT2D eigenvalue weighted by Crippen LogP contribution is 2.17.